The summed E-state index contributed by atoms with van der Waals surface area (Å²) in [7, 11) is 0. The van der Waals surface area contributed by atoms with Gasteiger partial charge in [0.25, 0.3) is 0 Å². The molecule has 0 amide bonds. The molecule has 1 aromatic carbocycles. The van der Waals surface area contributed by atoms with E-state index in [1.807, 2.05) is 18.5 Å². The Morgan fingerprint density at radius 1 is 1.03 bits per heavy atom. The molecule has 1 aromatic heterocycles. The fraction of sp³-hybridized carbons (Fsp3) is 0.500. The Morgan fingerprint density at radius 3 is 2.62 bits per heavy atom. The number of anilines is 2. The number of nitrogens with one attached hydrogen (secondary N) is 1. The van der Waals surface area contributed by atoms with Crippen molar-refractivity contribution in [3.05, 3.63) is 48.3 Å². The van der Waals surface area contributed by atoms with Gasteiger partial charge in [0.15, 0.2) is 5.96 Å². The van der Waals surface area contributed by atoms with Crippen molar-refractivity contribution in [2.24, 2.45) is 4.99 Å². The highest BCUT2D eigenvalue weighted by Crippen LogP contribution is 2.27. The summed E-state index contributed by atoms with van der Waals surface area (Å²) in [5.41, 5.74) is 2.71. The second-order valence-electron chi connectivity index (χ2n) is 7.50. The van der Waals surface area contributed by atoms with Crippen LogP contribution in [0.1, 0.15) is 18.9 Å². The van der Waals surface area contributed by atoms with Crippen molar-refractivity contribution in [2.75, 3.05) is 62.2 Å². The lowest BCUT2D eigenvalue weighted by Crippen LogP contribution is -2.47. The quantitative estimate of drug-likeness (QED) is 0.460. The Bertz CT molecular complexity index is 800. The first-order valence-electron chi connectivity index (χ1n) is 10.7. The number of guanidine groups is 1. The lowest BCUT2D eigenvalue weighted by Gasteiger charge is -2.34. The number of para-hydroxylation sites is 1. The molecule has 7 nitrogen and oxygen atoms in total. The lowest BCUT2D eigenvalue weighted by atomic mass is 10.2. The molecule has 0 aliphatic carbocycles. The second kappa shape index (κ2) is 9.69. The van der Waals surface area contributed by atoms with Crippen LogP contribution in [0.3, 0.4) is 0 Å². The third kappa shape index (κ3) is 4.85. The maximum atomic E-state index is 4.92. The number of aromatic nitrogens is 2. The summed E-state index contributed by atoms with van der Waals surface area (Å²) < 4.78 is 0. The second-order valence-corrected chi connectivity index (χ2v) is 7.50. The fourth-order valence-electron chi connectivity index (χ4n) is 4.06. The molecule has 1 saturated heterocycles. The van der Waals surface area contributed by atoms with E-state index < -0.39 is 0 Å². The zero-order valence-corrected chi connectivity index (χ0v) is 17.3. The fourth-order valence-corrected chi connectivity index (χ4v) is 4.06. The van der Waals surface area contributed by atoms with Crippen molar-refractivity contribution in [3.8, 4) is 0 Å². The van der Waals surface area contributed by atoms with Crippen LogP contribution in [0.25, 0.3) is 0 Å². The number of nitrogens with zero attached hydrogens (tertiary/aromatic N) is 6. The molecular formula is C22H31N7. The zero-order chi connectivity index (χ0) is 19.9. The Labute approximate surface area is 173 Å². The third-order valence-corrected chi connectivity index (χ3v) is 5.58. The number of fused-ring (bicyclic) bond motifs is 1. The molecule has 1 fully saturated rings. The van der Waals surface area contributed by atoms with E-state index in [1.54, 1.807) is 0 Å². The van der Waals surface area contributed by atoms with E-state index in [4.69, 9.17) is 4.99 Å². The molecule has 2 aliphatic heterocycles. The van der Waals surface area contributed by atoms with Crippen LogP contribution in [0.4, 0.5) is 11.6 Å². The Kier molecular flexibility index (Phi) is 6.56. The average Bonchev–Trinajstić information content (AvgIpc) is 3.21. The van der Waals surface area contributed by atoms with Gasteiger partial charge in [0.05, 0.1) is 0 Å². The summed E-state index contributed by atoms with van der Waals surface area (Å²) >= 11 is 0. The van der Waals surface area contributed by atoms with Crippen LogP contribution in [0, 0.1) is 0 Å². The molecule has 0 saturated carbocycles. The van der Waals surface area contributed by atoms with Gasteiger partial charge in [-0.25, -0.2) is 9.97 Å². The van der Waals surface area contributed by atoms with Gasteiger partial charge < -0.3 is 15.1 Å². The number of rotatable bonds is 6. The Balaban J connectivity index is 1.25. The van der Waals surface area contributed by atoms with Gasteiger partial charge in [0.2, 0.25) is 5.95 Å². The number of hydrogen-bond acceptors (Lipinski definition) is 5. The highest BCUT2D eigenvalue weighted by Gasteiger charge is 2.22. The van der Waals surface area contributed by atoms with Crippen molar-refractivity contribution >= 4 is 17.6 Å². The van der Waals surface area contributed by atoms with Crippen LogP contribution >= 0.6 is 0 Å². The summed E-state index contributed by atoms with van der Waals surface area (Å²) in [5.74, 6) is 1.86. The van der Waals surface area contributed by atoms with Crippen molar-refractivity contribution in [1.29, 1.82) is 0 Å². The smallest absolute Gasteiger partial charge is 0.225 e. The molecule has 7 heteroatoms. The van der Waals surface area contributed by atoms with Crippen molar-refractivity contribution in [3.63, 3.8) is 0 Å². The third-order valence-electron chi connectivity index (χ3n) is 5.58. The van der Waals surface area contributed by atoms with Crippen LogP contribution in [-0.2, 0) is 6.42 Å². The summed E-state index contributed by atoms with van der Waals surface area (Å²) in [4.78, 5) is 20.8. The summed E-state index contributed by atoms with van der Waals surface area (Å²) in [6, 6.07) is 10.5. The molecule has 0 atom stereocenters. The van der Waals surface area contributed by atoms with Crippen LogP contribution < -0.4 is 15.1 Å². The van der Waals surface area contributed by atoms with E-state index >= 15 is 0 Å². The number of aliphatic imine (C=N–C) groups is 1. The first-order chi connectivity index (χ1) is 14.3. The van der Waals surface area contributed by atoms with Crippen LogP contribution in [0.15, 0.2) is 47.7 Å². The van der Waals surface area contributed by atoms with Gasteiger partial charge >= 0.3 is 0 Å². The molecule has 0 unspecified atom stereocenters. The molecule has 4 rings (SSSR count). The Morgan fingerprint density at radius 2 is 1.83 bits per heavy atom. The normalized spacial score (nSPS) is 17.5. The van der Waals surface area contributed by atoms with Gasteiger partial charge in [-0.05, 0) is 37.5 Å². The molecular weight excluding hydrogens is 362 g/mol. The number of piperazine rings is 1. The van der Waals surface area contributed by atoms with E-state index in [0.29, 0.717) is 0 Å². The van der Waals surface area contributed by atoms with E-state index in [9.17, 15) is 0 Å². The molecule has 1 N–H and O–H groups in total. The summed E-state index contributed by atoms with van der Waals surface area (Å²) in [5, 5.41) is 3.47. The average molecular weight is 394 g/mol. The topological polar surface area (TPSA) is 59.9 Å². The highest BCUT2D eigenvalue weighted by atomic mass is 15.3. The van der Waals surface area contributed by atoms with Crippen LogP contribution in [0.2, 0.25) is 0 Å². The maximum Gasteiger partial charge on any atom is 0.225 e. The molecule has 154 valence electrons. The molecule has 0 radical (unpaired) electrons. The van der Waals surface area contributed by atoms with Crippen molar-refractivity contribution in [2.45, 2.75) is 19.8 Å². The van der Waals surface area contributed by atoms with Gasteiger partial charge in [-0.2, -0.15) is 0 Å². The van der Waals surface area contributed by atoms with Gasteiger partial charge in [-0.15, -0.1) is 0 Å². The van der Waals surface area contributed by atoms with E-state index in [1.165, 1.54) is 11.3 Å². The van der Waals surface area contributed by atoms with Crippen molar-refractivity contribution in [1.82, 2.24) is 20.2 Å². The monoisotopic (exact) mass is 393 g/mol. The molecule has 2 aromatic rings. The molecule has 29 heavy (non-hydrogen) atoms. The molecule has 3 heterocycles. The van der Waals surface area contributed by atoms with Gasteiger partial charge in [0.1, 0.15) is 0 Å². The first kappa shape index (κ1) is 19.6. The predicted molar refractivity (Wildman–Crippen MR) is 119 cm³/mol. The minimum Gasteiger partial charge on any atom is -0.356 e. The minimum atomic E-state index is 0.845. The number of benzene rings is 1. The maximum absolute atomic E-state index is 4.92. The van der Waals surface area contributed by atoms with Gasteiger partial charge in [0, 0.05) is 70.4 Å². The summed E-state index contributed by atoms with van der Waals surface area (Å²) in [6.45, 7) is 10.1. The first-order valence-corrected chi connectivity index (χ1v) is 10.7. The standard InChI is InChI=1S/C22H31N7/c1-2-23-22(29-14-9-19-7-3-4-8-20(19)29)26-12-6-13-27-15-17-28(18-16-27)21-24-10-5-11-25-21/h3-5,7-8,10-11H,2,6,9,12-18H2,1H3,(H,23,26). The van der Waals surface area contributed by atoms with Gasteiger partial charge in [-0.1, -0.05) is 18.2 Å². The number of hydrogen-bond donors (Lipinski definition) is 1. The van der Waals surface area contributed by atoms with Crippen LogP contribution in [-0.4, -0.2) is 73.2 Å². The van der Waals surface area contributed by atoms with E-state index in [-0.39, 0.29) is 0 Å². The molecule has 0 spiro atoms. The van der Waals surface area contributed by atoms with E-state index in [0.717, 1.165) is 77.1 Å². The lowest BCUT2D eigenvalue weighted by molar-refractivity contribution is 0.255. The van der Waals surface area contributed by atoms with E-state index in [2.05, 4.69) is 61.2 Å². The minimum absolute atomic E-state index is 0.845. The highest BCUT2D eigenvalue weighted by molar-refractivity contribution is 5.97. The largest absolute Gasteiger partial charge is 0.356 e. The van der Waals surface area contributed by atoms with Crippen LogP contribution in [0.5, 0.6) is 0 Å². The molecule has 2 aliphatic rings. The summed E-state index contributed by atoms with van der Waals surface area (Å²) in [6.07, 6.45) is 5.79. The SMILES string of the molecule is CCNC(=NCCCN1CCN(c2ncccn2)CC1)N1CCc2ccccc21. The Hall–Kier alpha value is -2.67. The van der Waals surface area contributed by atoms with Gasteiger partial charge in [-0.3, -0.25) is 9.89 Å². The van der Waals surface area contributed by atoms with Crippen molar-refractivity contribution < 1.29 is 0 Å². The zero-order valence-electron chi connectivity index (χ0n) is 17.3. The predicted octanol–water partition coefficient (Wildman–Crippen LogP) is 2.02. The molecule has 0 bridgehead atoms.